The summed E-state index contributed by atoms with van der Waals surface area (Å²) in [7, 11) is 0. The van der Waals surface area contributed by atoms with Crippen LogP contribution in [0.2, 0.25) is 5.02 Å². The molecule has 0 aromatic heterocycles. The van der Waals surface area contributed by atoms with E-state index < -0.39 is 0 Å². The SMILES string of the molecule is Nc1ccccc1NC(=O)c1ccc(C=C(C(=O)NC2CC2)c2cccc(Cl)c2)cc1. The zero-order valence-electron chi connectivity index (χ0n) is 16.8. The highest BCUT2D eigenvalue weighted by Crippen LogP contribution is 2.25. The normalized spacial score (nSPS) is 13.5. The zero-order chi connectivity index (χ0) is 21.8. The van der Waals surface area contributed by atoms with Gasteiger partial charge in [-0.25, -0.2) is 0 Å². The van der Waals surface area contributed by atoms with Crippen LogP contribution in [0.1, 0.15) is 34.3 Å². The van der Waals surface area contributed by atoms with Crippen LogP contribution in [0.3, 0.4) is 0 Å². The molecule has 0 aliphatic heterocycles. The van der Waals surface area contributed by atoms with Crippen molar-refractivity contribution in [1.82, 2.24) is 5.32 Å². The van der Waals surface area contributed by atoms with Crippen LogP contribution in [0.25, 0.3) is 11.6 Å². The van der Waals surface area contributed by atoms with E-state index in [1.54, 1.807) is 54.6 Å². The van der Waals surface area contributed by atoms with Gasteiger partial charge in [-0.05, 0) is 66.4 Å². The number of amides is 2. The largest absolute Gasteiger partial charge is 0.397 e. The third-order valence-corrected chi connectivity index (χ3v) is 5.22. The first kappa shape index (κ1) is 20.7. The number of benzene rings is 3. The number of halogens is 1. The van der Waals surface area contributed by atoms with Gasteiger partial charge in [0.1, 0.15) is 0 Å². The number of para-hydroxylation sites is 2. The molecule has 0 unspecified atom stereocenters. The van der Waals surface area contributed by atoms with Gasteiger partial charge in [0.2, 0.25) is 0 Å². The van der Waals surface area contributed by atoms with Gasteiger partial charge in [-0.3, -0.25) is 9.59 Å². The molecule has 0 bridgehead atoms. The van der Waals surface area contributed by atoms with E-state index in [4.69, 9.17) is 17.3 Å². The minimum Gasteiger partial charge on any atom is -0.397 e. The van der Waals surface area contributed by atoms with E-state index in [9.17, 15) is 9.59 Å². The Morgan fingerprint density at radius 3 is 2.35 bits per heavy atom. The molecule has 3 aromatic rings. The molecule has 1 fully saturated rings. The average molecular weight is 432 g/mol. The van der Waals surface area contributed by atoms with E-state index in [0.29, 0.717) is 27.5 Å². The molecule has 0 heterocycles. The van der Waals surface area contributed by atoms with E-state index in [-0.39, 0.29) is 17.9 Å². The quantitative estimate of drug-likeness (QED) is 0.292. The molecule has 1 aliphatic rings. The van der Waals surface area contributed by atoms with E-state index >= 15 is 0 Å². The van der Waals surface area contributed by atoms with Crippen molar-refractivity contribution in [3.05, 3.63) is 94.5 Å². The second kappa shape index (κ2) is 9.06. The van der Waals surface area contributed by atoms with Gasteiger partial charge in [0.15, 0.2) is 0 Å². The fourth-order valence-corrected chi connectivity index (χ4v) is 3.32. The maximum absolute atomic E-state index is 12.8. The van der Waals surface area contributed by atoms with E-state index in [2.05, 4.69) is 10.6 Å². The van der Waals surface area contributed by atoms with Crippen molar-refractivity contribution in [3.8, 4) is 0 Å². The average Bonchev–Trinajstić information content (AvgIpc) is 3.58. The molecule has 31 heavy (non-hydrogen) atoms. The lowest BCUT2D eigenvalue weighted by atomic mass is 10.0. The third kappa shape index (κ3) is 5.32. The van der Waals surface area contributed by atoms with Gasteiger partial charge in [-0.2, -0.15) is 0 Å². The molecule has 0 saturated heterocycles. The van der Waals surface area contributed by atoms with Crippen molar-refractivity contribution in [1.29, 1.82) is 0 Å². The fraction of sp³-hybridized carbons (Fsp3) is 0.120. The first-order valence-electron chi connectivity index (χ1n) is 10.0. The molecule has 1 saturated carbocycles. The van der Waals surface area contributed by atoms with Crippen LogP contribution in [0, 0.1) is 0 Å². The highest BCUT2D eigenvalue weighted by molar-refractivity contribution is 6.31. The van der Waals surface area contributed by atoms with Gasteiger partial charge in [0.05, 0.1) is 11.4 Å². The molecule has 0 radical (unpaired) electrons. The van der Waals surface area contributed by atoms with Gasteiger partial charge < -0.3 is 16.4 Å². The smallest absolute Gasteiger partial charge is 0.255 e. The van der Waals surface area contributed by atoms with Crippen LogP contribution in [0.5, 0.6) is 0 Å². The summed E-state index contributed by atoms with van der Waals surface area (Å²) in [6.45, 7) is 0. The molecule has 4 rings (SSSR count). The monoisotopic (exact) mass is 431 g/mol. The summed E-state index contributed by atoms with van der Waals surface area (Å²) in [5, 5.41) is 6.40. The molecular weight excluding hydrogens is 410 g/mol. The topological polar surface area (TPSA) is 84.2 Å². The predicted octanol–water partition coefficient (Wildman–Crippen LogP) is 4.99. The highest BCUT2D eigenvalue weighted by atomic mass is 35.5. The van der Waals surface area contributed by atoms with Crippen molar-refractivity contribution in [3.63, 3.8) is 0 Å². The first-order chi connectivity index (χ1) is 15.0. The van der Waals surface area contributed by atoms with Gasteiger partial charge >= 0.3 is 0 Å². The first-order valence-corrected chi connectivity index (χ1v) is 10.4. The number of hydrogen-bond acceptors (Lipinski definition) is 3. The van der Waals surface area contributed by atoms with Gasteiger partial charge in [-0.1, -0.05) is 48.0 Å². The molecule has 156 valence electrons. The Labute approximate surface area is 185 Å². The standard InChI is InChI=1S/C25H22ClN3O2/c26-19-5-3-4-18(15-19)21(25(31)28-20-12-13-20)14-16-8-10-17(11-9-16)24(30)29-23-7-2-1-6-22(23)27/h1-11,14-15,20H,12-13,27H2,(H,28,31)(H,29,30). The summed E-state index contributed by atoms with van der Waals surface area (Å²) in [6, 6.07) is 21.6. The minimum atomic E-state index is -0.255. The van der Waals surface area contributed by atoms with Crippen molar-refractivity contribution in [2.45, 2.75) is 18.9 Å². The molecule has 1 aliphatic carbocycles. The van der Waals surface area contributed by atoms with Crippen LogP contribution in [0.4, 0.5) is 11.4 Å². The zero-order valence-corrected chi connectivity index (χ0v) is 17.5. The number of nitrogen functional groups attached to an aromatic ring is 1. The Balaban J connectivity index is 1.57. The minimum absolute atomic E-state index is 0.133. The second-order valence-electron chi connectivity index (χ2n) is 7.48. The van der Waals surface area contributed by atoms with Crippen molar-refractivity contribution in [2.24, 2.45) is 0 Å². The molecule has 2 amide bonds. The van der Waals surface area contributed by atoms with Gasteiger partial charge in [0.25, 0.3) is 11.8 Å². The summed E-state index contributed by atoms with van der Waals surface area (Å²) < 4.78 is 0. The number of anilines is 2. The Morgan fingerprint density at radius 1 is 0.935 bits per heavy atom. The van der Waals surface area contributed by atoms with Crippen molar-refractivity contribution < 1.29 is 9.59 Å². The number of rotatable bonds is 6. The maximum atomic E-state index is 12.8. The number of carbonyl (C=O) groups excluding carboxylic acids is 2. The van der Waals surface area contributed by atoms with E-state index in [1.807, 2.05) is 24.3 Å². The van der Waals surface area contributed by atoms with Crippen LogP contribution >= 0.6 is 11.6 Å². The van der Waals surface area contributed by atoms with Crippen LogP contribution in [0.15, 0.2) is 72.8 Å². The number of hydrogen-bond donors (Lipinski definition) is 3. The van der Waals surface area contributed by atoms with Crippen LogP contribution < -0.4 is 16.4 Å². The Kier molecular flexibility index (Phi) is 6.05. The molecule has 0 atom stereocenters. The van der Waals surface area contributed by atoms with E-state index in [1.165, 1.54) is 0 Å². The van der Waals surface area contributed by atoms with Crippen molar-refractivity contribution >= 4 is 46.4 Å². The predicted molar refractivity (Wildman–Crippen MR) is 126 cm³/mol. The lowest BCUT2D eigenvalue weighted by Crippen LogP contribution is -2.26. The van der Waals surface area contributed by atoms with Crippen molar-refractivity contribution in [2.75, 3.05) is 11.1 Å². The molecule has 0 spiro atoms. The number of nitrogens with one attached hydrogen (secondary N) is 2. The van der Waals surface area contributed by atoms with Crippen LogP contribution in [-0.4, -0.2) is 17.9 Å². The third-order valence-electron chi connectivity index (χ3n) is 4.99. The Hall–Kier alpha value is -3.57. The summed E-state index contributed by atoms with van der Waals surface area (Å²) in [5.74, 6) is -0.388. The summed E-state index contributed by atoms with van der Waals surface area (Å²) >= 11 is 6.14. The Morgan fingerprint density at radius 2 is 1.68 bits per heavy atom. The summed E-state index contributed by atoms with van der Waals surface area (Å²) in [4.78, 5) is 25.4. The summed E-state index contributed by atoms with van der Waals surface area (Å²) in [5.41, 5.74) is 9.53. The lowest BCUT2D eigenvalue weighted by Gasteiger charge is -2.10. The van der Waals surface area contributed by atoms with E-state index in [0.717, 1.165) is 24.0 Å². The Bertz CT molecular complexity index is 1150. The van der Waals surface area contributed by atoms with Gasteiger partial charge in [-0.15, -0.1) is 0 Å². The molecule has 6 heteroatoms. The molecule has 4 N–H and O–H groups in total. The molecule has 3 aromatic carbocycles. The van der Waals surface area contributed by atoms with Crippen LogP contribution in [-0.2, 0) is 4.79 Å². The summed E-state index contributed by atoms with van der Waals surface area (Å²) in [6.07, 6.45) is 3.81. The number of carbonyl (C=O) groups is 2. The maximum Gasteiger partial charge on any atom is 0.255 e. The fourth-order valence-electron chi connectivity index (χ4n) is 3.13. The highest BCUT2D eigenvalue weighted by Gasteiger charge is 2.25. The molecular formula is C25H22ClN3O2. The lowest BCUT2D eigenvalue weighted by molar-refractivity contribution is -0.115. The number of nitrogens with two attached hydrogens (primary N) is 1. The molecule has 5 nitrogen and oxygen atoms in total. The van der Waals surface area contributed by atoms with Gasteiger partial charge in [0, 0.05) is 22.2 Å². The second-order valence-corrected chi connectivity index (χ2v) is 7.92.